The molecular weight excluding hydrogens is 317 g/mol. The van der Waals surface area contributed by atoms with E-state index >= 15 is 0 Å². The van der Waals surface area contributed by atoms with Gasteiger partial charge in [0.25, 0.3) is 5.56 Å². The molecule has 2 aromatic heterocycles. The van der Waals surface area contributed by atoms with Crippen LogP contribution >= 0.6 is 34.5 Å². The molecule has 0 amide bonds. The van der Waals surface area contributed by atoms with E-state index in [1.54, 1.807) is 12.3 Å². The molecule has 0 unspecified atom stereocenters. The predicted octanol–water partition coefficient (Wildman–Crippen LogP) is 3.45. The first kappa shape index (κ1) is 15.1. The fourth-order valence-electron chi connectivity index (χ4n) is 1.65. The number of halogens is 2. The van der Waals surface area contributed by atoms with Crippen LogP contribution in [0, 0.1) is 0 Å². The van der Waals surface area contributed by atoms with Gasteiger partial charge in [-0.3, -0.25) is 4.79 Å². The van der Waals surface area contributed by atoms with Crippen molar-refractivity contribution in [3.05, 3.63) is 55.6 Å². The second-order valence-electron chi connectivity index (χ2n) is 4.03. The van der Waals surface area contributed by atoms with E-state index in [-0.39, 0.29) is 10.6 Å². The monoisotopic (exact) mass is 329 g/mol. The topological polar surface area (TPSA) is 46.9 Å². The van der Waals surface area contributed by atoms with E-state index in [1.807, 2.05) is 12.1 Å². The van der Waals surface area contributed by atoms with Gasteiger partial charge in [0.15, 0.2) is 0 Å². The summed E-state index contributed by atoms with van der Waals surface area (Å²) in [6, 6.07) is 3.85. The summed E-state index contributed by atoms with van der Waals surface area (Å²) in [7, 11) is 0. The molecule has 0 atom stereocenters. The minimum Gasteiger partial charge on any atom is -0.382 e. The van der Waals surface area contributed by atoms with E-state index in [9.17, 15) is 4.79 Å². The minimum atomic E-state index is -0.323. The standard InChI is InChI=1S/C13H13Cl2N3OS/c1-2-7-18-13(19)12(15)10(8-17-18)16-6-5-9-3-4-11(14)20-9/h2-4,8,16H,1,5-7H2. The summed E-state index contributed by atoms with van der Waals surface area (Å²) in [6.07, 6.45) is 3.95. The van der Waals surface area contributed by atoms with Crippen LogP contribution < -0.4 is 10.9 Å². The molecule has 0 aliphatic rings. The molecule has 4 nitrogen and oxygen atoms in total. The van der Waals surface area contributed by atoms with Gasteiger partial charge in [-0.05, 0) is 18.6 Å². The van der Waals surface area contributed by atoms with Crippen molar-refractivity contribution in [3.8, 4) is 0 Å². The lowest BCUT2D eigenvalue weighted by Crippen LogP contribution is -2.24. The van der Waals surface area contributed by atoms with Crippen molar-refractivity contribution in [1.29, 1.82) is 0 Å². The van der Waals surface area contributed by atoms with Gasteiger partial charge < -0.3 is 5.32 Å². The van der Waals surface area contributed by atoms with Crippen molar-refractivity contribution < 1.29 is 0 Å². The first-order valence-electron chi connectivity index (χ1n) is 5.96. The fraction of sp³-hybridized carbons (Fsp3) is 0.231. The number of thiophene rings is 1. The summed E-state index contributed by atoms with van der Waals surface area (Å²) in [5.41, 5.74) is 0.218. The Bertz CT molecular complexity index is 666. The van der Waals surface area contributed by atoms with E-state index in [4.69, 9.17) is 23.2 Å². The molecule has 0 saturated heterocycles. The van der Waals surface area contributed by atoms with Gasteiger partial charge in [0.2, 0.25) is 0 Å². The molecule has 106 valence electrons. The first-order chi connectivity index (χ1) is 9.61. The molecule has 0 aliphatic carbocycles. The molecule has 0 spiro atoms. The van der Waals surface area contributed by atoms with Crippen molar-refractivity contribution in [1.82, 2.24) is 9.78 Å². The summed E-state index contributed by atoms with van der Waals surface area (Å²) in [4.78, 5) is 13.1. The number of allylic oxidation sites excluding steroid dienone is 1. The van der Waals surface area contributed by atoms with Crippen LogP contribution in [0.25, 0.3) is 0 Å². The van der Waals surface area contributed by atoms with Crippen LogP contribution in [0.15, 0.2) is 35.8 Å². The quantitative estimate of drug-likeness (QED) is 0.825. The third-order valence-electron chi connectivity index (χ3n) is 2.60. The lowest BCUT2D eigenvalue weighted by Gasteiger charge is -2.08. The maximum absolute atomic E-state index is 11.9. The van der Waals surface area contributed by atoms with Gasteiger partial charge >= 0.3 is 0 Å². The largest absolute Gasteiger partial charge is 0.382 e. The van der Waals surface area contributed by atoms with Gasteiger partial charge in [0.1, 0.15) is 5.02 Å². The highest BCUT2D eigenvalue weighted by molar-refractivity contribution is 7.16. The van der Waals surface area contributed by atoms with Crippen LogP contribution in [0.1, 0.15) is 4.88 Å². The molecule has 2 aromatic rings. The zero-order valence-electron chi connectivity index (χ0n) is 10.6. The van der Waals surface area contributed by atoms with Gasteiger partial charge in [0, 0.05) is 11.4 Å². The Balaban J connectivity index is 2.01. The van der Waals surface area contributed by atoms with Gasteiger partial charge in [0.05, 0.1) is 22.8 Å². The highest BCUT2D eigenvalue weighted by Crippen LogP contribution is 2.22. The lowest BCUT2D eigenvalue weighted by molar-refractivity contribution is 0.653. The number of hydrogen-bond acceptors (Lipinski definition) is 4. The Labute approximate surface area is 130 Å². The number of rotatable bonds is 6. The summed E-state index contributed by atoms with van der Waals surface area (Å²) >= 11 is 13.4. The smallest absolute Gasteiger partial charge is 0.287 e. The summed E-state index contributed by atoms with van der Waals surface area (Å²) in [6.45, 7) is 4.56. The van der Waals surface area contributed by atoms with Crippen molar-refractivity contribution in [2.24, 2.45) is 0 Å². The molecule has 7 heteroatoms. The third-order valence-corrected chi connectivity index (χ3v) is 4.26. The molecule has 0 radical (unpaired) electrons. The van der Waals surface area contributed by atoms with Gasteiger partial charge in [-0.15, -0.1) is 17.9 Å². The molecule has 2 heterocycles. The summed E-state index contributed by atoms with van der Waals surface area (Å²) in [5.74, 6) is 0. The number of anilines is 1. The number of aromatic nitrogens is 2. The molecule has 0 aromatic carbocycles. The van der Waals surface area contributed by atoms with E-state index < -0.39 is 0 Å². The minimum absolute atomic E-state index is 0.145. The molecular formula is C13H13Cl2N3OS. The number of nitrogens with zero attached hydrogens (tertiary/aromatic N) is 2. The molecule has 20 heavy (non-hydrogen) atoms. The second kappa shape index (κ2) is 6.92. The van der Waals surface area contributed by atoms with Crippen molar-refractivity contribution in [3.63, 3.8) is 0 Å². The second-order valence-corrected chi connectivity index (χ2v) is 6.21. The third kappa shape index (κ3) is 3.62. The Morgan fingerprint density at radius 2 is 2.25 bits per heavy atom. The van der Waals surface area contributed by atoms with Gasteiger partial charge in [-0.2, -0.15) is 5.10 Å². The van der Waals surface area contributed by atoms with Gasteiger partial charge in [-0.1, -0.05) is 29.3 Å². The van der Waals surface area contributed by atoms with Crippen LogP contribution in [0.5, 0.6) is 0 Å². The molecule has 2 rings (SSSR count). The van der Waals surface area contributed by atoms with Gasteiger partial charge in [-0.25, -0.2) is 4.68 Å². The molecule has 1 N–H and O–H groups in total. The Morgan fingerprint density at radius 1 is 1.45 bits per heavy atom. The average Bonchev–Trinajstić information content (AvgIpc) is 2.84. The first-order valence-corrected chi connectivity index (χ1v) is 7.53. The maximum Gasteiger partial charge on any atom is 0.287 e. The highest BCUT2D eigenvalue weighted by Gasteiger charge is 2.08. The normalized spacial score (nSPS) is 10.5. The predicted molar refractivity (Wildman–Crippen MR) is 85.2 cm³/mol. The maximum atomic E-state index is 11.9. The Hall–Kier alpha value is -1.30. The Morgan fingerprint density at radius 3 is 2.90 bits per heavy atom. The Kier molecular flexibility index (Phi) is 5.23. The number of hydrogen-bond donors (Lipinski definition) is 1. The molecule has 0 aliphatic heterocycles. The lowest BCUT2D eigenvalue weighted by atomic mass is 10.3. The van der Waals surface area contributed by atoms with Crippen LogP contribution in [-0.4, -0.2) is 16.3 Å². The van der Waals surface area contributed by atoms with Crippen molar-refractivity contribution >= 4 is 40.2 Å². The van der Waals surface area contributed by atoms with Crippen molar-refractivity contribution in [2.45, 2.75) is 13.0 Å². The molecule has 0 saturated carbocycles. The number of nitrogens with one attached hydrogen (secondary N) is 1. The van der Waals surface area contributed by atoms with Crippen LogP contribution in [0.2, 0.25) is 9.36 Å². The van der Waals surface area contributed by atoms with E-state index in [2.05, 4.69) is 17.0 Å². The average molecular weight is 330 g/mol. The summed E-state index contributed by atoms with van der Waals surface area (Å²) in [5, 5.41) is 7.28. The zero-order valence-corrected chi connectivity index (χ0v) is 12.9. The van der Waals surface area contributed by atoms with Crippen LogP contribution in [0.4, 0.5) is 5.69 Å². The van der Waals surface area contributed by atoms with Crippen LogP contribution in [0.3, 0.4) is 0 Å². The fourth-order valence-corrected chi connectivity index (χ4v) is 2.95. The molecule has 0 bridgehead atoms. The van der Waals surface area contributed by atoms with E-state index in [1.165, 1.54) is 20.9 Å². The van der Waals surface area contributed by atoms with Crippen molar-refractivity contribution in [2.75, 3.05) is 11.9 Å². The zero-order chi connectivity index (χ0) is 14.5. The highest BCUT2D eigenvalue weighted by atomic mass is 35.5. The summed E-state index contributed by atoms with van der Waals surface area (Å²) < 4.78 is 2.03. The van der Waals surface area contributed by atoms with E-state index in [0.717, 1.165) is 10.8 Å². The van der Waals surface area contributed by atoms with Crippen LogP contribution in [-0.2, 0) is 13.0 Å². The van der Waals surface area contributed by atoms with E-state index in [0.29, 0.717) is 18.8 Å². The molecule has 0 fully saturated rings. The SMILES string of the molecule is C=CCn1ncc(NCCc2ccc(Cl)s2)c(Cl)c1=O.